The van der Waals surface area contributed by atoms with E-state index >= 15 is 0 Å². The van der Waals surface area contributed by atoms with Gasteiger partial charge in [0.1, 0.15) is 6.04 Å². The van der Waals surface area contributed by atoms with Crippen molar-refractivity contribution < 1.29 is 27.5 Å². The second-order valence-electron chi connectivity index (χ2n) is 5.72. The maximum Gasteiger partial charge on any atom is 0.416 e. The minimum absolute atomic E-state index is 0.0859. The molecule has 0 spiro atoms. The fourth-order valence-electron chi connectivity index (χ4n) is 2.78. The van der Waals surface area contributed by atoms with E-state index in [0.717, 1.165) is 12.1 Å². The van der Waals surface area contributed by atoms with Gasteiger partial charge in [0.05, 0.1) is 18.2 Å². The Hall–Kier alpha value is -2.62. The molecular formula is C15H15F3N4O3. The van der Waals surface area contributed by atoms with E-state index in [1.54, 1.807) is 0 Å². The molecule has 3 rings (SSSR count). The van der Waals surface area contributed by atoms with Crippen LogP contribution in [0.5, 0.6) is 0 Å². The topological polar surface area (TPSA) is 96.1 Å². The number of ether oxygens (including phenoxy) is 1. The Morgan fingerprint density at radius 1 is 1.36 bits per heavy atom. The Morgan fingerprint density at radius 3 is 2.80 bits per heavy atom. The van der Waals surface area contributed by atoms with Crippen LogP contribution < -0.4 is 10.6 Å². The molecule has 2 heterocycles. The summed E-state index contributed by atoms with van der Waals surface area (Å²) >= 11 is 0. The van der Waals surface area contributed by atoms with Crippen LogP contribution in [0, 0.1) is 0 Å². The molecule has 1 aliphatic rings. The van der Waals surface area contributed by atoms with Gasteiger partial charge in [-0.3, -0.25) is 14.7 Å². The van der Waals surface area contributed by atoms with E-state index in [-0.39, 0.29) is 17.1 Å². The monoisotopic (exact) mass is 356 g/mol. The van der Waals surface area contributed by atoms with Crippen molar-refractivity contribution in [1.82, 2.24) is 20.8 Å². The second-order valence-corrected chi connectivity index (χ2v) is 5.72. The summed E-state index contributed by atoms with van der Waals surface area (Å²) in [4.78, 5) is 23.8. The van der Waals surface area contributed by atoms with Crippen molar-refractivity contribution in [2.45, 2.75) is 24.7 Å². The highest BCUT2D eigenvalue weighted by atomic mass is 19.4. The highest BCUT2D eigenvalue weighted by molar-refractivity contribution is 6.05. The Kier molecular flexibility index (Phi) is 4.38. The third-order valence-electron chi connectivity index (χ3n) is 4.06. The van der Waals surface area contributed by atoms with Crippen LogP contribution in [0.25, 0.3) is 10.9 Å². The molecule has 1 saturated heterocycles. The summed E-state index contributed by atoms with van der Waals surface area (Å²) in [6, 6.07) is 2.16. The Morgan fingerprint density at radius 2 is 2.12 bits per heavy atom. The van der Waals surface area contributed by atoms with E-state index in [2.05, 4.69) is 25.6 Å². The molecule has 0 unspecified atom stereocenters. The van der Waals surface area contributed by atoms with Crippen molar-refractivity contribution in [3.8, 4) is 0 Å². The molecule has 0 aliphatic carbocycles. The highest BCUT2D eigenvalue weighted by Crippen LogP contribution is 2.31. The van der Waals surface area contributed by atoms with Gasteiger partial charge in [0.25, 0.3) is 5.91 Å². The van der Waals surface area contributed by atoms with Gasteiger partial charge in [0, 0.05) is 18.0 Å². The van der Waals surface area contributed by atoms with E-state index < -0.39 is 29.7 Å². The predicted molar refractivity (Wildman–Crippen MR) is 80.8 cm³/mol. The zero-order chi connectivity index (χ0) is 18.2. The first kappa shape index (κ1) is 17.2. The van der Waals surface area contributed by atoms with Crippen molar-refractivity contribution in [3.63, 3.8) is 0 Å². The molecule has 3 N–H and O–H groups in total. The summed E-state index contributed by atoms with van der Waals surface area (Å²) in [5.74, 6) is -1.04. The van der Waals surface area contributed by atoms with Crippen LogP contribution in [0.1, 0.15) is 22.5 Å². The first-order valence-corrected chi connectivity index (χ1v) is 7.47. The average molecular weight is 356 g/mol. The number of hydrogen-bond donors (Lipinski definition) is 3. The lowest BCUT2D eigenvalue weighted by molar-refractivity contribution is -0.142. The lowest BCUT2D eigenvalue weighted by atomic mass is 10.1. The number of H-pyrrole nitrogens is 1. The van der Waals surface area contributed by atoms with Crippen LogP contribution in [0.3, 0.4) is 0 Å². The number of benzene rings is 1. The number of carbonyl (C=O) groups excluding carboxylic acids is 2. The van der Waals surface area contributed by atoms with E-state index in [4.69, 9.17) is 0 Å². The smallest absolute Gasteiger partial charge is 0.416 e. The largest absolute Gasteiger partial charge is 0.468 e. The van der Waals surface area contributed by atoms with E-state index in [1.165, 1.54) is 13.2 Å². The van der Waals surface area contributed by atoms with Gasteiger partial charge >= 0.3 is 12.1 Å². The van der Waals surface area contributed by atoms with E-state index in [1.807, 2.05) is 0 Å². The number of methoxy groups -OCH3 is 1. The first-order valence-electron chi connectivity index (χ1n) is 7.47. The van der Waals surface area contributed by atoms with Crippen molar-refractivity contribution in [1.29, 1.82) is 0 Å². The third kappa shape index (κ3) is 3.43. The summed E-state index contributed by atoms with van der Waals surface area (Å²) in [6.07, 6.45) is -4.18. The van der Waals surface area contributed by atoms with Gasteiger partial charge in [-0.15, -0.1) is 0 Å². The Bertz CT molecular complexity index is 818. The average Bonchev–Trinajstić information content (AvgIpc) is 3.19. The molecule has 0 radical (unpaired) electrons. The summed E-state index contributed by atoms with van der Waals surface area (Å²) < 4.78 is 43.2. The Balaban J connectivity index is 1.78. The number of amides is 1. The van der Waals surface area contributed by atoms with Gasteiger partial charge in [0.15, 0.2) is 5.69 Å². The molecular weight excluding hydrogens is 341 g/mol. The minimum Gasteiger partial charge on any atom is -0.468 e. The van der Waals surface area contributed by atoms with Gasteiger partial charge < -0.3 is 15.4 Å². The number of nitrogens with zero attached hydrogens (tertiary/aromatic N) is 1. The molecule has 2 aromatic rings. The fourth-order valence-corrected chi connectivity index (χ4v) is 2.78. The molecule has 7 nitrogen and oxygen atoms in total. The molecule has 1 aliphatic heterocycles. The van der Waals surface area contributed by atoms with Crippen molar-refractivity contribution in [2.24, 2.45) is 0 Å². The Labute approximate surface area is 139 Å². The standard InChI is InChI=1S/C15H15F3N4O3/c1-25-14(24)11-5-8(6-19-11)20-13(23)12-9-4-7(15(16,17)18)2-3-10(9)21-22-12/h2-4,8,11,19H,5-6H2,1H3,(H,20,23)(H,21,22)/t8-,11+/m1/s1. The molecule has 2 atom stereocenters. The number of carbonyl (C=O) groups is 2. The van der Waals surface area contributed by atoms with Crippen LogP contribution >= 0.6 is 0 Å². The molecule has 1 aromatic heterocycles. The summed E-state index contributed by atoms with van der Waals surface area (Å²) in [5, 5.41) is 12.0. The molecule has 1 aromatic carbocycles. The SMILES string of the molecule is COC(=O)[C@@H]1C[C@@H](NC(=O)c2n[nH]c3ccc(C(F)(F)F)cc23)CN1. The van der Waals surface area contributed by atoms with Crippen molar-refractivity contribution in [2.75, 3.05) is 13.7 Å². The second kappa shape index (κ2) is 6.36. The number of halogens is 3. The number of aromatic amines is 1. The number of aromatic nitrogens is 2. The quantitative estimate of drug-likeness (QED) is 0.719. The van der Waals surface area contributed by atoms with Crippen LogP contribution in [0.15, 0.2) is 18.2 Å². The molecule has 0 bridgehead atoms. The molecule has 1 fully saturated rings. The van der Waals surface area contributed by atoms with Crippen LogP contribution in [0.4, 0.5) is 13.2 Å². The number of rotatable bonds is 3. The minimum atomic E-state index is -4.51. The maximum atomic E-state index is 12.9. The molecule has 10 heteroatoms. The van der Waals surface area contributed by atoms with Gasteiger partial charge in [-0.1, -0.05) is 0 Å². The summed E-state index contributed by atoms with van der Waals surface area (Å²) in [7, 11) is 1.27. The lowest BCUT2D eigenvalue weighted by Gasteiger charge is -2.11. The van der Waals surface area contributed by atoms with E-state index in [0.29, 0.717) is 18.5 Å². The molecule has 1 amide bonds. The van der Waals surface area contributed by atoms with Gasteiger partial charge in [0.2, 0.25) is 0 Å². The molecule has 0 saturated carbocycles. The first-order chi connectivity index (χ1) is 11.8. The van der Waals surface area contributed by atoms with Crippen molar-refractivity contribution >= 4 is 22.8 Å². The number of alkyl halides is 3. The number of hydrogen-bond acceptors (Lipinski definition) is 5. The van der Waals surface area contributed by atoms with Gasteiger partial charge in [-0.05, 0) is 24.6 Å². The van der Waals surface area contributed by atoms with E-state index in [9.17, 15) is 22.8 Å². The van der Waals surface area contributed by atoms with Crippen LogP contribution in [0.2, 0.25) is 0 Å². The predicted octanol–water partition coefficient (Wildman–Crippen LogP) is 1.21. The van der Waals surface area contributed by atoms with Gasteiger partial charge in [-0.2, -0.15) is 18.3 Å². The van der Waals surface area contributed by atoms with Crippen LogP contribution in [-0.2, 0) is 15.7 Å². The molecule has 134 valence electrons. The number of nitrogens with one attached hydrogen (secondary N) is 3. The summed E-state index contributed by atoms with van der Waals surface area (Å²) in [6.45, 7) is 0.349. The summed E-state index contributed by atoms with van der Waals surface area (Å²) in [5.41, 5.74) is -0.651. The number of esters is 1. The zero-order valence-electron chi connectivity index (χ0n) is 13.1. The maximum absolute atomic E-state index is 12.9. The zero-order valence-corrected chi connectivity index (χ0v) is 13.1. The van der Waals surface area contributed by atoms with Crippen LogP contribution in [-0.4, -0.2) is 47.8 Å². The lowest BCUT2D eigenvalue weighted by Crippen LogP contribution is -2.36. The van der Waals surface area contributed by atoms with Crippen molar-refractivity contribution in [3.05, 3.63) is 29.5 Å². The highest BCUT2D eigenvalue weighted by Gasteiger charge is 2.33. The third-order valence-corrected chi connectivity index (χ3v) is 4.06. The molecule has 25 heavy (non-hydrogen) atoms. The van der Waals surface area contributed by atoms with Gasteiger partial charge in [-0.25, -0.2) is 0 Å². The fraction of sp³-hybridized carbons (Fsp3) is 0.400. The number of fused-ring (bicyclic) bond motifs is 1. The normalized spacial score (nSPS) is 20.6.